The second-order valence-corrected chi connectivity index (χ2v) is 6.17. The molecular formula is C18H23N3O2. The van der Waals surface area contributed by atoms with Crippen LogP contribution in [0, 0.1) is 13.8 Å². The molecule has 0 bridgehead atoms. The van der Waals surface area contributed by atoms with Gasteiger partial charge in [0, 0.05) is 20.0 Å². The van der Waals surface area contributed by atoms with E-state index in [9.17, 15) is 4.79 Å². The fourth-order valence-electron chi connectivity index (χ4n) is 3.30. The van der Waals surface area contributed by atoms with Crippen LogP contribution in [0.3, 0.4) is 0 Å². The number of oxazole rings is 1. The molecule has 5 heteroatoms. The van der Waals surface area contributed by atoms with Crippen molar-refractivity contribution in [3.8, 4) is 0 Å². The van der Waals surface area contributed by atoms with E-state index in [-0.39, 0.29) is 11.7 Å². The summed E-state index contributed by atoms with van der Waals surface area (Å²) < 4.78 is 5.41. The molecule has 1 amide bonds. The summed E-state index contributed by atoms with van der Waals surface area (Å²) in [6, 6.07) is 8.45. The van der Waals surface area contributed by atoms with Gasteiger partial charge in [0.2, 0.25) is 5.76 Å². The second kappa shape index (κ2) is 6.44. The number of hydrogen-bond acceptors (Lipinski definition) is 4. The van der Waals surface area contributed by atoms with Crippen molar-refractivity contribution < 1.29 is 9.21 Å². The first kappa shape index (κ1) is 15.6. The van der Waals surface area contributed by atoms with Gasteiger partial charge in [-0.3, -0.25) is 4.79 Å². The Kier molecular flexibility index (Phi) is 4.37. The van der Waals surface area contributed by atoms with Gasteiger partial charge >= 0.3 is 0 Å². The van der Waals surface area contributed by atoms with Crippen molar-refractivity contribution in [2.45, 2.75) is 45.6 Å². The normalized spacial score (nSPS) is 14.9. The van der Waals surface area contributed by atoms with E-state index in [1.54, 1.807) is 13.8 Å². The highest BCUT2D eigenvalue weighted by Crippen LogP contribution is 2.32. The number of benzene rings is 1. The summed E-state index contributed by atoms with van der Waals surface area (Å²) in [6.45, 7) is 3.52. The lowest BCUT2D eigenvalue weighted by Crippen LogP contribution is -2.29. The molecule has 122 valence electrons. The van der Waals surface area contributed by atoms with Gasteiger partial charge in [0.1, 0.15) is 0 Å². The molecule has 0 spiro atoms. The van der Waals surface area contributed by atoms with Gasteiger partial charge in [-0.15, -0.1) is 0 Å². The lowest BCUT2D eigenvalue weighted by molar-refractivity contribution is 0.0994. The first-order chi connectivity index (χ1) is 11.1. The van der Waals surface area contributed by atoms with Gasteiger partial charge in [-0.05, 0) is 31.9 Å². The summed E-state index contributed by atoms with van der Waals surface area (Å²) in [5.41, 5.74) is 2.46. The topological polar surface area (TPSA) is 58.4 Å². The van der Waals surface area contributed by atoms with Crippen molar-refractivity contribution in [3.05, 3.63) is 41.6 Å². The van der Waals surface area contributed by atoms with Crippen LogP contribution in [0.1, 0.15) is 47.8 Å². The van der Waals surface area contributed by atoms with Gasteiger partial charge in [0.05, 0.1) is 17.1 Å². The minimum absolute atomic E-state index is 0.254. The molecule has 23 heavy (non-hydrogen) atoms. The predicted octanol–water partition coefficient (Wildman–Crippen LogP) is 3.92. The quantitative estimate of drug-likeness (QED) is 0.929. The van der Waals surface area contributed by atoms with Crippen LogP contribution in [-0.2, 0) is 0 Å². The van der Waals surface area contributed by atoms with Gasteiger partial charge in [0.15, 0.2) is 5.89 Å². The largest absolute Gasteiger partial charge is 0.436 e. The molecule has 2 aromatic rings. The van der Waals surface area contributed by atoms with Crippen LogP contribution in [0.5, 0.6) is 0 Å². The number of nitrogens with zero attached hydrogens (tertiary/aromatic N) is 2. The number of anilines is 2. The van der Waals surface area contributed by atoms with E-state index in [1.807, 2.05) is 24.3 Å². The van der Waals surface area contributed by atoms with E-state index in [4.69, 9.17) is 4.42 Å². The molecule has 1 aromatic carbocycles. The Hall–Kier alpha value is -2.30. The third-order valence-corrected chi connectivity index (χ3v) is 4.51. The maximum Gasteiger partial charge on any atom is 0.293 e. The molecule has 5 nitrogen and oxygen atoms in total. The zero-order valence-corrected chi connectivity index (χ0v) is 13.9. The van der Waals surface area contributed by atoms with Gasteiger partial charge < -0.3 is 14.6 Å². The average molecular weight is 313 g/mol. The molecule has 1 N–H and O–H groups in total. The monoisotopic (exact) mass is 313 g/mol. The average Bonchev–Trinajstić information content (AvgIpc) is 3.16. The fourth-order valence-corrected chi connectivity index (χ4v) is 3.30. The highest BCUT2D eigenvalue weighted by Gasteiger charge is 2.23. The van der Waals surface area contributed by atoms with Crippen LogP contribution >= 0.6 is 0 Å². The molecule has 1 aromatic heterocycles. The molecule has 1 saturated carbocycles. The van der Waals surface area contributed by atoms with Crippen LogP contribution in [0.25, 0.3) is 0 Å². The Labute approximate surface area is 136 Å². The number of nitrogens with one attached hydrogen (secondary N) is 1. The van der Waals surface area contributed by atoms with Gasteiger partial charge in [0.25, 0.3) is 5.91 Å². The second-order valence-electron chi connectivity index (χ2n) is 6.17. The zero-order chi connectivity index (χ0) is 16.4. The summed E-state index contributed by atoms with van der Waals surface area (Å²) in [5.74, 6) is 0.528. The van der Waals surface area contributed by atoms with Crippen molar-refractivity contribution >= 4 is 17.3 Å². The molecule has 1 aliphatic carbocycles. The molecule has 3 rings (SSSR count). The predicted molar refractivity (Wildman–Crippen MR) is 91.0 cm³/mol. The van der Waals surface area contributed by atoms with Crippen LogP contribution in [0.4, 0.5) is 11.4 Å². The molecule has 0 aliphatic heterocycles. The first-order valence-electron chi connectivity index (χ1n) is 8.13. The van der Waals surface area contributed by atoms with Crippen molar-refractivity contribution in [2.75, 3.05) is 17.3 Å². The maximum absolute atomic E-state index is 12.5. The van der Waals surface area contributed by atoms with E-state index in [2.05, 4.69) is 22.2 Å². The van der Waals surface area contributed by atoms with E-state index < -0.39 is 0 Å². The van der Waals surface area contributed by atoms with Crippen molar-refractivity contribution in [1.29, 1.82) is 0 Å². The number of carbonyl (C=O) groups is 1. The summed E-state index contributed by atoms with van der Waals surface area (Å²) in [7, 11) is 2.10. The number of amides is 1. The molecule has 0 radical (unpaired) electrons. The lowest BCUT2D eigenvalue weighted by atomic mass is 10.1. The van der Waals surface area contributed by atoms with Crippen LogP contribution in [-0.4, -0.2) is 24.0 Å². The van der Waals surface area contributed by atoms with Crippen molar-refractivity contribution in [2.24, 2.45) is 0 Å². The Bertz CT molecular complexity index is 702. The molecule has 1 heterocycles. The number of para-hydroxylation sites is 2. The third kappa shape index (κ3) is 3.23. The fraction of sp³-hybridized carbons (Fsp3) is 0.444. The Balaban J connectivity index is 1.83. The lowest BCUT2D eigenvalue weighted by Gasteiger charge is -2.28. The van der Waals surface area contributed by atoms with Crippen molar-refractivity contribution in [1.82, 2.24) is 4.98 Å². The number of carbonyl (C=O) groups excluding carboxylic acids is 1. The molecule has 0 unspecified atom stereocenters. The van der Waals surface area contributed by atoms with Crippen LogP contribution in [0.15, 0.2) is 28.7 Å². The van der Waals surface area contributed by atoms with Gasteiger partial charge in [-0.1, -0.05) is 25.0 Å². The SMILES string of the molecule is Cc1nc(C)c(C(=O)Nc2ccccc2N(C)C2CCCC2)o1. The van der Waals surface area contributed by atoms with Gasteiger partial charge in [-0.25, -0.2) is 4.98 Å². The molecular weight excluding hydrogens is 290 g/mol. The highest BCUT2D eigenvalue weighted by atomic mass is 16.4. The van der Waals surface area contributed by atoms with E-state index >= 15 is 0 Å². The zero-order valence-electron chi connectivity index (χ0n) is 13.9. The standard InChI is InChI=1S/C18H23N3O2/c1-12-17(23-13(2)19-12)18(22)20-15-10-6-7-11-16(15)21(3)14-8-4-5-9-14/h6-7,10-11,14H,4-5,8-9H2,1-3H3,(H,20,22). The number of rotatable bonds is 4. The number of hydrogen-bond donors (Lipinski definition) is 1. The molecule has 1 fully saturated rings. The van der Waals surface area contributed by atoms with Crippen LogP contribution in [0.2, 0.25) is 0 Å². The van der Waals surface area contributed by atoms with E-state index in [0.29, 0.717) is 17.6 Å². The number of aryl methyl sites for hydroxylation is 2. The third-order valence-electron chi connectivity index (χ3n) is 4.51. The van der Waals surface area contributed by atoms with Gasteiger partial charge in [-0.2, -0.15) is 0 Å². The first-order valence-corrected chi connectivity index (χ1v) is 8.13. The minimum atomic E-state index is -0.254. The highest BCUT2D eigenvalue weighted by molar-refractivity contribution is 6.04. The summed E-state index contributed by atoms with van der Waals surface area (Å²) in [5, 5.41) is 2.97. The summed E-state index contributed by atoms with van der Waals surface area (Å²) in [4.78, 5) is 18.9. The Morgan fingerprint density at radius 3 is 2.61 bits per heavy atom. The maximum atomic E-state index is 12.5. The van der Waals surface area contributed by atoms with Crippen LogP contribution < -0.4 is 10.2 Å². The van der Waals surface area contributed by atoms with E-state index in [0.717, 1.165) is 11.4 Å². The Morgan fingerprint density at radius 1 is 1.26 bits per heavy atom. The summed E-state index contributed by atoms with van der Waals surface area (Å²) >= 11 is 0. The minimum Gasteiger partial charge on any atom is -0.436 e. The summed E-state index contributed by atoms with van der Waals surface area (Å²) in [6.07, 6.45) is 4.97. The number of aromatic nitrogens is 1. The molecule has 0 saturated heterocycles. The smallest absolute Gasteiger partial charge is 0.293 e. The Morgan fingerprint density at radius 2 is 1.96 bits per heavy atom. The van der Waals surface area contributed by atoms with Crippen molar-refractivity contribution in [3.63, 3.8) is 0 Å². The van der Waals surface area contributed by atoms with E-state index in [1.165, 1.54) is 25.7 Å². The molecule has 1 aliphatic rings. The molecule has 0 atom stereocenters.